The summed E-state index contributed by atoms with van der Waals surface area (Å²) in [6, 6.07) is 3.50. The molecule has 0 spiro atoms. The van der Waals surface area contributed by atoms with Crippen LogP contribution in [0.25, 0.3) is 0 Å². The Balaban J connectivity index is 1.80. The molecule has 1 atom stereocenters. The van der Waals surface area contributed by atoms with E-state index >= 15 is 0 Å². The maximum atomic E-state index is 12.7. The zero-order valence-electron chi connectivity index (χ0n) is 13.6. The number of benzene rings is 1. The van der Waals surface area contributed by atoms with Crippen LogP contribution in [0, 0.1) is 10.1 Å². The molecule has 27 heavy (non-hydrogen) atoms. The third-order valence-corrected chi connectivity index (χ3v) is 4.46. The predicted molar refractivity (Wildman–Crippen MR) is 85.3 cm³/mol. The molecular formula is C15H12ClF3N4O4. The van der Waals surface area contributed by atoms with Crippen molar-refractivity contribution in [3.63, 3.8) is 0 Å². The Hall–Kier alpha value is -2.69. The highest BCUT2D eigenvalue weighted by Gasteiger charge is 2.39. The Labute approximate surface area is 155 Å². The summed E-state index contributed by atoms with van der Waals surface area (Å²) in [5, 5.41) is 17.4. The molecule has 0 bridgehead atoms. The van der Waals surface area contributed by atoms with Crippen molar-refractivity contribution in [3.8, 4) is 0 Å². The Morgan fingerprint density at radius 1 is 1.37 bits per heavy atom. The van der Waals surface area contributed by atoms with Crippen molar-refractivity contribution < 1.29 is 27.3 Å². The molecular weight excluding hydrogens is 393 g/mol. The quantitative estimate of drug-likeness (QED) is 0.571. The Morgan fingerprint density at radius 3 is 2.74 bits per heavy atom. The lowest BCUT2D eigenvalue weighted by molar-refractivity contribution is -0.384. The van der Waals surface area contributed by atoms with Gasteiger partial charge in [-0.1, -0.05) is 11.6 Å². The second-order valence-corrected chi connectivity index (χ2v) is 6.36. The second-order valence-electron chi connectivity index (χ2n) is 5.95. The highest BCUT2D eigenvalue weighted by atomic mass is 35.5. The van der Waals surface area contributed by atoms with E-state index in [-0.39, 0.29) is 28.7 Å². The summed E-state index contributed by atoms with van der Waals surface area (Å²) in [5.41, 5.74) is -0.337. The van der Waals surface area contributed by atoms with Gasteiger partial charge in [0.1, 0.15) is 0 Å². The molecule has 1 aromatic heterocycles. The van der Waals surface area contributed by atoms with Crippen molar-refractivity contribution >= 4 is 23.2 Å². The van der Waals surface area contributed by atoms with E-state index < -0.39 is 28.8 Å². The van der Waals surface area contributed by atoms with Gasteiger partial charge in [0.25, 0.3) is 11.6 Å². The number of carbonyl (C=O) groups is 1. The lowest BCUT2D eigenvalue weighted by Gasteiger charge is -2.31. The molecule has 0 aliphatic carbocycles. The molecule has 0 radical (unpaired) electrons. The number of amides is 1. The monoisotopic (exact) mass is 404 g/mol. The van der Waals surface area contributed by atoms with Gasteiger partial charge in [-0.25, -0.2) is 0 Å². The number of aromatic nitrogens is 2. The summed E-state index contributed by atoms with van der Waals surface area (Å²) >= 11 is 5.99. The molecule has 1 aliphatic heterocycles. The molecule has 2 aromatic rings. The van der Waals surface area contributed by atoms with Crippen molar-refractivity contribution in [2.75, 3.05) is 13.1 Å². The smallest absolute Gasteiger partial charge is 0.417 e. The Kier molecular flexibility index (Phi) is 5.05. The molecule has 1 fully saturated rings. The van der Waals surface area contributed by atoms with Gasteiger partial charge in [-0.3, -0.25) is 14.9 Å². The Morgan fingerprint density at radius 2 is 2.11 bits per heavy atom. The van der Waals surface area contributed by atoms with Gasteiger partial charge in [0.2, 0.25) is 5.89 Å². The first kappa shape index (κ1) is 19.1. The second kappa shape index (κ2) is 7.14. The summed E-state index contributed by atoms with van der Waals surface area (Å²) in [6.07, 6.45) is -3.79. The molecule has 144 valence electrons. The number of rotatable bonds is 3. The molecule has 0 saturated carbocycles. The third-order valence-electron chi connectivity index (χ3n) is 4.13. The highest BCUT2D eigenvalue weighted by Crippen LogP contribution is 2.33. The van der Waals surface area contributed by atoms with Gasteiger partial charge >= 0.3 is 12.1 Å². The van der Waals surface area contributed by atoms with Crippen LogP contribution in [0.4, 0.5) is 18.9 Å². The van der Waals surface area contributed by atoms with Crippen LogP contribution in [0.2, 0.25) is 5.02 Å². The van der Waals surface area contributed by atoms with Crippen LogP contribution < -0.4 is 0 Å². The number of nitrogens with zero attached hydrogens (tertiary/aromatic N) is 4. The van der Waals surface area contributed by atoms with Crippen LogP contribution in [-0.2, 0) is 6.18 Å². The summed E-state index contributed by atoms with van der Waals surface area (Å²) in [7, 11) is 0. The number of hydrogen-bond donors (Lipinski definition) is 0. The molecule has 12 heteroatoms. The van der Waals surface area contributed by atoms with Gasteiger partial charge in [-0.15, -0.1) is 10.2 Å². The van der Waals surface area contributed by atoms with E-state index in [1.54, 1.807) is 0 Å². The maximum absolute atomic E-state index is 12.7. The van der Waals surface area contributed by atoms with Crippen molar-refractivity contribution in [3.05, 3.63) is 50.7 Å². The van der Waals surface area contributed by atoms with E-state index in [4.69, 9.17) is 16.0 Å². The minimum absolute atomic E-state index is 0.0390. The lowest BCUT2D eigenvalue weighted by atomic mass is 9.97. The summed E-state index contributed by atoms with van der Waals surface area (Å²) in [5.74, 6) is -2.76. The number of hydrogen-bond acceptors (Lipinski definition) is 6. The van der Waals surface area contributed by atoms with E-state index in [0.29, 0.717) is 19.4 Å². The fourth-order valence-corrected chi connectivity index (χ4v) is 3.04. The fraction of sp³-hybridized carbons (Fsp3) is 0.400. The standard InChI is InChI=1S/C15H12ClF3N4O4/c16-11-4-3-9(23(25)26)6-10(11)13(24)22-5-1-2-8(7-22)12-20-21-14(27-12)15(17,18)19/h3-4,6,8H,1-2,5,7H2. The van der Waals surface area contributed by atoms with E-state index in [1.807, 2.05) is 0 Å². The van der Waals surface area contributed by atoms with Crippen LogP contribution in [0.15, 0.2) is 22.6 Å². The van der Waals surface area contributed by atoms with Crippen LogP contribution in [0.5, 0.6) is 0 Å². The average Bonchev–Trinajstić information content (AvgIpc) is 3.12. The van der Waals surface area contributed by atoms with Crippen molar-refractivity contribution in [2.45, 2.75) is 24.9 Å². The first-order valence-corrected chi connectivity index (χ1v) is 8.18. The molecule has 1 saturated heterocycles. The topological polar surface area (TPSA) is 102 Å². The fourth-order valence-electron chi connectivity index (χ4n) is 2.84. The zero-order valence-corrected chi connectivity index (χ0v) is 14.3. The van der Waals surface area contributed by atoms with Gasteiger partial charge in [0.05, 0.1) is 21.4 Å². The average molecular weight is 405 g/mol. The third kappa shape index (κ3) is 4.02. The normalized spacial score (nSPS) is 17.8. The number of carbonyl (C=O) groups excluding carboxylic acids is 1. The largest absolute Gasteiger partial charge is 0.470 e. The number of alkyl halides is 3. The van der Waals surface area contributed by atoms with Gasteiger partial charge in [0, 0.05) is 25.2 Å². The highest BCUT2D eigenvalue weighted by molar-refractivity contribution is 6.33. The van der Waals surface area contributed by atoms with E-state index in [0.717, 1.165) is 6.07 Å². The maximum Gasteiger partial charge on any atom is 0.470 e. The minimum Gasteiger partial charge on any atom is -0.417 e. The van der Waals surface area contributed by atoms with Crippen molar-refractivity contribution in [1.29, 1.82) is 0 Å². The van der Waals surface area contributed by atoms with E-state index in [1.165, 1.54) is 17.0 Å². The number of likely N-dealkylation sites (tertiary alicyclic amines) is 1. The first-order chi connectivity index (χ1) is 12.7. The van der Waals surface area contributed by atoms with Crippen LogP contribution in [0.1, 0.15) is 40.9 Å². The predicted octanol–water partition coefficient (Wildman–Crippen LogP) is 3.67. The number of halogens is 4. The summed E-state index contributed by atoms with van der Waals surface area (Å²) in [6.45, 7) is 0.367. The van der Waals surface area contributed by atoms with E-state index in [2.05, 4.69) is 10.2 Å². The first-order valence-electron chi connectivity index (χ1n) is 7.80. The molecule has 1 aliphatic rings. The number of piperidine rings is 1. The number of nitro benzene ring substituents is 1. The number of nitro groups is 1. The zero-order chi connectivity index (χ0) is 19.8. The summed E-state index contributed by atoms with van der Waals surface area (Å²) < 4.78 is 42.5. The lowest BCUT2D eigenvalue weighted by Crippen LogP contribution is -2.39. The minimum atomic E-state index is -4.74. The Bertz CT molecular complexity index is 886. The van der Waals surface area contributed by atoms with Gasteiger partial charge < -0.3 is 9.32 Å². The van der Waals surface area contributed by atoms with Gasteiger partial charge in [-0.05, 0) is 18.9 Å². The molecule has 3 rings (SSSR count). The SMILES string of the molecule is O=C(c1cc([N+](=O)[O-])ccc1Cl)N1CCCC(c2nnc(C(F)(F)F)o2)C1. The molecule has 1 aromatic carbocycles. The van der Waals surface area contributed by atoms with E-state index in [9.17, 15) is 28.1 Å². The summed E-state index contributed by atoms with van der Waals surface area (Å²) in [4.78, 5) is 24.3. The molecule has 8 nitrogen and oxygen atoms in total. The number of non-ortho nitro benzene ring substituents is 1. The molecule has 0 N–H and O–H groups in total. The van der Waals surface area contributed by atoms with Crippen molar-refractivity contribution in [1.82, 2.24) is 15.1 Å². The van der Waals surface area contributed by atoms with Crippen LogP contribution in [-0.4, -0.2) is 39.0 Å². The molecule has 1 unspecified atom stereocenters. The van der Waals surface area contributed by atoms with Crippen LogP contribution >= 0.6 is 11.6 Å². The molecule has 1 amide bonds. The van der Waals surface area contributed by atoms with Gasteiger partial charge in [-0.2, -0.15) is 13.2 Å². The van der Waals surface area contributed by atoms with Crippen LogP contribution in [0.3, 0.4) is 0 Å². The van der Waals surface area contributed by atoms with Crippen molar-refractivity contribution in [2.24, 2.45) is 0 Å². The van der Waals surface area contributed by atoms with Gasteiger partial charge in [0.15, 0.2) is 0 Å². The molecule has 2 heterocycles.